The molecule has 2 heterocycles. The number of aromatic nitrogens is 3. The standard InChI is InChI=1S/C27H24N4O/c1-18-10-11-20(27(32)31-25-9-3-6-19-5-2-7-22(19)25)15-21(18)16-26-23(8-4-13-29-26)24-12-14-28-17-30-24/h3-4,6,8-15,17H,2,5,7,16H2,1H3,(H,31,32). The minimum absolute atomic E-state index is 0.0800. The highest BCUT2D eigenvalue weighted by Crippen LogP contribution is 2.29. The van der Waals surface area contributed by atoms with Crippen molar-refractivity contribution < 1.29 is 4.79 Å². The number of aryl methyl sites for hydroxylation is 2. The Morgan fingerprint density at radius 1 is 1.00 bits per heavy atom. The Morgan fingerprint density at radius 2 is 1.94 bits per heavy atom. The summed E-state index contributed by atoms with van der Waals surface area (Å²) in [4.78, 5) is 26.1. The number of anilines is 1. The summed E-state index contributed by atoms with van der Waals surface area (Å²) >= 11 is 0. The van der Waals surface area contributed by atoms with Crippen LogP contribution in [0.1, 0.15) is 44.7 Å². The van der Waals surface area contributed by atoms with Gasteiger partial charge >= 0.3 is 0 Å². The number of rotatable bonds is 5. The maximum Gasteiger partial charge on any atom is 0.255 e. The summed E-state index contributed by atoms with van der Waals surface area (Å²) in [6.45, 7) is 2.06. The molecule has 4 aromatic rings. The minimum atomic E-state index is -0.0800. The fourth-order valence-corrected chi connectivity index (χ4v) is 4.38. The van der Waals surface area contributed by atoms with E-state index in [0.717, 1.165) is 53.0 Å². The van der Waals surface area contributed by atoms with E-state index in [0.29, 0.717) is 12.0 Å². The van der Waals surface area contributed by atoms with E-state index in [1.165, 1.54) is 11.1 Å². The monoisotopic (exact) mass is 420 g/mol. The SMILES string of the molecule is Cc1ccc(C(=O)Nc2cccc3c2CCC3)cc1Cc1ncccc1-c1ccncn1. The number of amides is 1. The molecular weight excluding hydrogens is 396 g/mol. The molecule has 1 aliphatic carbocycles. The minimum Gasteiger partial charge on any atom is -0.322 e. The van der Waals surface area contributed by atoms with Crippen molar-refractivity contribution in [3.8, 4) is 11.3 Å². The van der Waals surface area contributed by atoms with Gasteiger partial charge in [-0.15, -0.1) is 0 Å². The number of carbonyl (C=O) groups is 1. The van der Waals surface area contributed by atoms with Crippen molar-refractivity contribution in [2.24, 2.45) is 0 Å². The van der Waals surface area contributed by atoms with Gasteiger partial charge in [0.05, 0.1) is 11.4 Å². The molecule has 1 amide bonds. The van der Waals surface area contributed by atoms with E-state index in [2.05, 4.69) is 33.3 Å². The molecule has 5 nitrogen and oxygen atoms in total. The van der Waals surface area contributed by atoms with E-state index in [1.807, 2.05) is 48.5 Å². The van der Waals surface area contributed by atoms with Gasteiger partial charge in [-0.05, 0) is 84.8 Å². The molecule has 2 aromatic heterocycles. The van der Waals surface area contributed by atoms with Crippen molar-refractivity contribution in [1.29, 1.82) is 0 Å². The molecule has 0 unspecified atom stereocenters. The summed E-state index contributed by atoms with van der Waals surface area (Å²) in [6, 6.07) is 17.9. The first kappa shape index (κ1) is 20.1. The van der Waals surface area contributed by atoms with Gasteiger partial charge in [0.25, 0.3) is 5.91 Å². The maximum absolute atomic E-state index is 13.1. The molecule has 0 saturated heterocycles. The van der Waals surface area contributed by atoms with Crippen LogP contribution in [0.3, 0.4) is 0 Å². The van der Waals surface area contributed by atoms with Crippen LogP contribution in [-0.4, -0.2) is 20.9 Å². The predicted octanol–water partition coefficient (Wildman–Crippen LogP) is 5.18. The largest absolute Gasteiger partial charge is 0.322 e. The zero-order valence-corrected chi connectivity index (χ0v) is 18.0. The lowest BCUT2D eigenvalue weighted by Crippen LogP contribution is -2.14. The van der Waals surface area contributed by atoms with Gasteiger partial charge in [0, 0.05) is 35.6 Å². The molecule has 0 atom stereocenters. The Labute approximate surface area is 187 Å². The van der Waals surface area contributed by atoms with Crippen LogP contribution < -0.4 is 5.32 Å². The lowest BCUT2D eigenvalue weighted by molar-refractivity contribution is 0.102. The van der Waals surface area contributed by atoms with Gasteiger partial charge in [0.15, 0.2) is 0 Å². The Kier molecular flexibility index (Phi) is 5.46. The Bertz CT molecular complexity index is 1280. The molecule has 158 valence electrons. The number of nitrogens with one attached hydrogen (secondary N) is 1. The van der Waals surface area contributed by atoms with Crippen molar-refractivity contribution in [1.82, 2.24) is 15.0 Å². The van der Waals surface area contributed by atoms with E-state index < -0.39 is 0 Å². The summed E-state index contributed by atoms with van der Waals surface area (Å²) < 4.78 is 0. The second-order valence-corrected chi connectivity index (χ2v) is 8.16. The first-order valence-corrected chi connectivity index (χ1v) is 10.9. The van der Waals surface area contributed by atoms with Gasteiger partial charge in [-0.3, -0.25) is 9.78 Å². The molecule has 0 radical (unpaired) electrons. The van der Waals surface area contributed by atoms with Crippen molar-refractivity contribution in [3.05, 3.63) is 107 Å². The number of hydrogen-bond acceptors (Lipinski definition) is 4. The fraction of sp³-hybridized carbons (Fsp3) is 0.185. The second-order valence-electron chi connectivity index (χ2n) is 8.16. The number of carbonyl (C=O) groups excluding carboxylic acids is 1. The number of nitrogens with zero attached hydrogens (tertiary/aromatic N) is 3. The van der Waals surface area contributed by atoms with Gasteiger partial charge in [0.1, 0.15) is 6.33 Å². The lowest BCUT2D eigenvalue weighted by atomic mass is 9.97. The van der Waals surface area contributed by atoms with Crippen molar-refractivity contribution in [3.63, 3.8) is 0 Å². The Balaban J connectivity index is 1.42. The molecule has 0 spiro atoms. The highest BCUT2D eigenvalue weighted by Gasteiger charge is 2.17. The summed E-state index contributed by atoms with van der Waals surface area (Å²) in [5.41, 5.74) is 9.15. The van der Waals surface area contributed by atoms with Crippen LogP contribution in [0.4, 0.5) is 5.69 Å². The highest BCUT2D eigenvalue weighted by atomic mass is 16.1. The average molecular weight is 421 g/mol. The number of hydrogen-bond donors (Lipinski definition) is 1. The Morgan fingerprint density at radius 3 is 2.81 bits per heavy atom. The summed E-state index contributed by atoms with van der Waals surface area (Å²) in [6.07, 6.45) is 8.95. The van der Waals surface area contributed by atoms with E-state index in [9.17, 15) is 4.79 Å². The molecule has 1 aliphatic rings. The molecule has 5 heteroatoms. The first-order valence-electron chi connectivity index (χ1n) is 10.9. The molecular formula is C27H24N4O. The number of fused-ring (bicyclic) bond motifs is 1. The smallest absolute Gasteiger partial charge is 0.255 e. The zero-order valence-electron chi connectivity index (χ0n) is 18.0. The lowest BCUT2D eigenvalue weighted by Gasteiger charge is -2.13. The normalized spacial score (nSPS) is 12.4. The van der Waals surface area contributed by atoms with Crippen LogP contribution in [0.5, 0.6) is 0 Å². The molecule has 5 rings (SSSR count). The average Bonchev–Trinajstić information content (AvgIpc) is 3.31. The van der Waals surface area contributed by atoms with E-state index in [1.54, 1.807) is 18.7 Å². The predicted molar refractivity (Wildman–Crippen MR) is 126 cm³/mol. The summed E-state index contributed by atoms with van der Waals surface area (Å²) in [5, 5.41) is 3.13. The quantitative estimate of drug-likeness (QED) is 0.483. The fourth-order valence-electron chi connectivity index (χ4n) is 4.38. The summed E-state index contributed by atoms with van der Waals surface area (Å²) in [5.74, 6) is -0.0800. The van der Waals surface area contributed by atoms with Crippen LogP contribution in [-0.2, 0) is 19.3 Å². The van der Waals surface area contributed by atoms with Crippen LogP contribution in [0.2, 0.25) is 0 Å². The van der Waals surface area contributed by atoms with Gasteiger partial charge in [-0.1, -0.05) is 18.2 Å². The molecule has 2 aromatic carbocycles. The topological polar surface area (TPSA) is 67.8 Å². The highest BCUT2D eigenvalue weighted by molar-refractivity contribution is 6.05. The molecule has 0 bridgehead atoms. The molecule has 0 saturated carbocycles. The van der Waals surface area contributed by atoms with Crippen molar-refractivity contribution in [2.75, 3.05) is 5.32 Å². The molecule has 1 N–H and O–H groups in total. The van der Waals surface area contributed by atoms with Crippen LogP contribution in [0, 0.1) is 6.92 Å². The van der Waals surface area contributed by atoms with Crippen molar-refractivity contribution in [2.45, 2.75) is 32.6 Å². The first-order chi connectivity index (χ1) is 15.7. The Hall–Kier alpha value is -3.86. The molecule has 32 heavy (non-hydrogen) atoms. The van der Waals surface area contributed by atoms with Gasteiger partial charge < -0.3 is 5.32 Å². The van der Waals surface area contributed by atoms with Crippen LogP contribution >= 0.6 is 0 Å². The number of benzene rings is 2. The molecule has 0 fully saturated rings. The maximum atomic E-state index is 13.1. The van der Waals surface area contributed by atoms with E-state index in [4.69, 9.17) is 0 Å². The van der Waals surface area contributed by atoms with Crippen molar-refractivity contribution >= 4 is 11.6 Å². The van der Waals surface area contributed by atoms with E-state index in [-0.39, 0.29) is 5.91 Å². The summed E-state index contributed by atoms with van der Waals surface area (Å²) in [7, 11) is 0. The van der Waals surface area contributed by atoms with Crippen LogP contribution in [0.15, 0.2) is 73.3 Å². The van der Waals surface area contributed by atoms with Gasteiger partial charge in [0.2, 0.25) is 0 Å². The zero-order chi connectivity index (χ0) is 21.9. The van der Waals surface area contributed by atoms with Gasteiger partial charge in [-0.25, -0.2) is 9.97 Å². The van der Waals surface area contributed by atoms with Gasteiger partial charge in [-0.2, -0.15) is 0 Å². The van der Waals surface area contributed by atoms with Crippen LogP contribution in [0.25, 0.3) is 11.3 Å². The third-order valence-electron chi connectivity index (χ3n) is 6.11. The van der Waals surface area contributed by atoms with E-state index >= 15 is 0 Å². The molecule has 0 aliphatic heterocycles. The third kappa shape index (κ3) is 4.02. The second kappa shape index (κ2) is 8.71. The number of pyridine rings is 1. The third-order valence-corrected chi connectivity index (χ3v) is 6.11.